The number of aromatic amines is 1. The van der Waals surface area contributed by atoms with Crippen molar-refractivity contribution >= 4 is 33.3 Å². The largest absolute Gasteiger partial charge is 0.274 e. The van der Waals surface area contributed by atoms with E-state index < -0.39 is 10.0 Å². The predicted molar refractivity (Wildman–Crippen MR) is 77.6 cm³/mol. The lowest BCUT2D eigenvalue weighted by Gasteiger charge is -2.14. The minimum atomic E-state index is -3.76. The molecule has 1 fully saturated rings. The highest BCUT2D eigenvalue weighted by Crippen LogP contribution is 2.24. The van der Waals surface area contributed by atoms with Crippen molar-refractivity contribution in [3.05, 3.63) is 36.5 Å². The smallest absolute Gasteiger partial charge is 0.263 e. The van der Waals surface area contributed by atoms with Crippen molar-refractivity contribution < 1.29 is 18.0 Å². The first-order valence-corrected chi connectivity index (χ1v) is 7.94. The van der Waals surface area contributed by atoms with Gasteiger partial charge in [0.05, 0.1) is 16.8 Å². The Bertz CT molecular complexity index is 796. The number of rotatable bonds is 4. The molecule has 0 spiro atoms. The quantitative estimate of drug-likeness (QED) is 0.812. The van der Waals surface area contributed by atoms with Crippen LogP contribution in [0.2, 0.25) is 0 Å². The molecule has 1 saturated heterocycles. The normalized spacial score (nSPS) is 15.4. The van der Waals surface area contributed by atoms with Crippen LogP contribution in [0.4, 0.5) is 11.5 Å². The van der Waals surface area contributed by atoms with Crippen LogP contribution in [0.5, 0.6) is 0 Å². The van der Waals surface area contributed by atoms with Gasteiger partial charge >= 0.3 is 0 Å². The molecule has 9 heteroatoms. The summed E-state index contributed by atoms with van der Waals surface area (Å²) < 4.78 is 26.6. The SMILES string of the molecule is O=C1CCC(=O)N1c1ccc(S(=O)(=O)Nc2ccn[nH]2)cc1. The van der Waals surface area contributed by atoms with E-state index in [1.54, 1.807) is 0 Å². The minimum absolute atomic E-state index is 0.0185. The van der Waals surface area contributed by atoms with Crippen LogP contribution < -0.4 is 9.62 Å². The Morgan fingerprint density at radius 2 is 1.68 bits per heavy atom. The molecular weight excluding hydrogens is 308 g/mol. The van der Waals surface area contributed by atoms with Crippen LogP contribution in [-0.2, 0) is 19.6 Å². The van der Waals surface area contributed by atoms with Crippen molar-refractivity contribution in [2.24, 2.45) is 0 Å². The van der Waals surface area contributed by atoms with Crippen LogP contribution >= 0.6 is 0 Å². The Balaban J connectivity index is 1.85. The molecule has 1 aromatic heterocycles. The minimum Gasteiger partial charge on any atom is -0.274 e. The zero-order chi connectivity index (χ0) is 15.7. The van der Waals surface area contributed by atoms with Crippen LogP contribution in [0.1, 0.15) is 12.8 Å². The average Bonchev–Trinajstić information content (AvgIpc) is 3.09. The third kappa shape index (κ3) is 2.58. The Morgan fingerprint density at radius 1 is 1.05 bits per heavy atom. The number of imide groups is 1. The third-order valence-corrected chi connectivity index (χ3v) is 4.58. The first-order valence-electron chi connectivity index (χ1n) is 6.45. The fourth-order valence-corrected chi connectivity index (χ4v) is 3.17. The lowest BCUT2D eigenvalue weighted by Crippen LogP contribution is -2.28. The molecule has 114 valence electrons. The van der Waals surface area contributed by atoms with Crippen molar-refractivity contribution in [3.8, 4) is 0 Å². The number of sulfonamides is 1. The van der Waals surface area contributed by atoms with Gasteiger partial charge in [-0.25, -0.2) is 8.42 Å². The summed E-state index contributed by atoms with van der Waals surface area (Å²) in [6.45, 7) is 0. The maximum Gasteiger partial charge on any atom is 0.263 e. The van der Waals surface area contributed by atoms with Gasteiger partial charge in [0.25, 0.3) is 10.0 Å². The number of benzene rings is 1. The standard InChI is InChI=1S/C13H12N4O4S/c18-12-5-6-13(19)17(12)9-1-3-10(4-2-9)22(20,21)16-11-7-8-14-15-11/h1-4,7-8H,5-6H2,(H2,14,15,16). The van der Waals surface area contributed by atoms with E-state index in [1.165, 1.54) is 36.5 Å². The van der Waals surface area contributed by atoms with E-state index in [4.69, 9.17) is 0 Å². The third-order valence-electron chi connectivity index (χ3n) is 3.20. The number of carbonyl (C=O) groups excluding carboxylic acids is 2. The molecule has 22 heavy (non-hydrogen) atoms. The molecule has 1 aliphatic rings. The van der Waals surface area contributed by atoms with Gasteiger partial charge in [0.15, 0.2) is 0 Å². The first kappa shape index (κ1) is 14.3. The number of hydrogen-bond donors (Lipinski definition) is 2. The van der Waals surface area contributed by atoms with E-state index in [1.807, 2.05) is 0 Å². The van der Waals surface area contributed by atoms with Gasteiger partial charge in [-0.3, -0.25) is 24.3 Å². The van der Waals surface area contributed by atoms with Gasteiger partial charge in [0, 0.05) is 18.9 Å². The zero-order valence-corrected chi connectivity index (χ0v) is 12.1. The van der Waals surface area contributed by atoms with Crippen LogP contribution in [0.25, 0.3) is 0 Å². The van der Waals surface area contributed by atoms with Crippen LogP contribution in [0, 0.1) is 0 Å². The number of anilines is 2. The average molecular weight is 320 g/mol. The lowest BCUT2D eigenvalue weighted by atomic mass is 10.3. The summed E-state index contributed by atoms with van der Waals surface area (Å²) in [5, 5.41) is 6.14. The van der Waals surface area contributed by atoms with Crippen LogP contribution in [-0.4, -0.2) is 30.4 Å². The molecule has 0 aliphatic carbocycles. The molecule has 2 aromatic rings. The molecule has 2 amide bonds. The van der Waals surface area contributed by atoms with E-state index in [-0.39, 0.29) is 35.4 Å². The number of H-pyrrole nitrogens is 1. The molecule has 1 aromatic carbocycles. The molecule has 8 nitrogen and oxygen atoms in total. The van der Waals surface area contributed by atoms with Gasteiger partial charge in [-0.15, -0.1) is 0 Å². The van der Waals surface area contributed by atoms with Gasteiger partial charge in [-0.05, 0) is 24.3 Å². The topological polar surface area (TPSA) is 112 Å². The van der Waals surface area contributed by atoms with E-state index in [0.717, 1.165) is 4.90 Å². The molecule has 0 atom stereocenters. The summed E-state index contributed by atoms with van der Waals surface area (Å²) in [7, 11) is -3.76. The maximum atomic E-state index is 12.2. The van der Waals surface area contributed by atoms with Gasteiger partial charge in [-0.2, -0.15) is 5.10 Å². The summed E-state index contributed by atoms with van der Waals surface area (Å²) in [6.07, 6.45) is 1.78. The second kappa shape index (κ2) is 5.26. The molecule has 2 heterocycles. The Kier molecular flexibility index (Phi) is 3.41. The predicted octanol–water partition coefficient (Wildman–Crippen LogP) is 0.864. The number of amides is 2. The van der Waals surface area contributed by atoms with Gasteiger partial charge < -0.3 is 0 Å². The molecule has 0 bridgehead atoms. The molecule has 3 rings (SSSR count). The number of nitrogens with one attached hydrogen (secondary N) is 2. The molecular formula is C13H12N4O4S. The van der Waals surface area contributed by atoms with Crippen LogP contribution in [0.3, 0.4) is 0 Å². The van der Waals surface area contributed by atoms with Gasteiger partial charge in [-0.1, -0.05) is 0 Å². The van der Waals surface area contributed by atoms with Crippen molar-refractivity contribution in [2.45, 2.75) is 17.7 Å². The summed E-state index contributed by atoms with van der Waals surface area (Å²) in [5.74, 6) is -0.318. The maximum absolute atomic E-state index is 12.2. The zero-order valence-electron chi connectivity index (χ0n) is 11.3. The van der Waals surface area contributed by atoms with E-state index in [0.29, 0.717) is 5.69 Å². The molecule has 0 saturated carbocycles. The summed E-state index contributed by atoms with van der Waals surface area (Å²) >= 11 is 0. The lowest BCUT2D eigenvalue weighted by molar-refractivity contribution is -0.121. The van der Waals surface area contributed by atoms with Crippen molar-refractivity contribution in [2.75, 3.05) is 9.62 Å². The van der Waals surface area contributed by atoms with E-state index in [9.17, 15) is 18.0 Å². The highest BCUT2D eigenvalue weighted by Gasteiger charge is 2.30. The molecule has 2 N–H and O–H groups in total. The second-order valence-corrected chi connectivity index (χ2v) is 6.38. The molecule has 0 unspecified atom stereocenters. The first-order chi connectivity index (χ1) is 10.5. The van der Waals surface area contributed by atoms with Crippen molar-refractivity contribution in [3.63, 3.8) is 0 Å². The van der Waals surface area contributed by atoms with Crippen molar-refractivity contribution in [1.29, 1.82) is 0 Å². The Morgan fingerprint density at radius 3 is 2.23 bits per heavy atom. The van der Waals surface area contributed by atoms with Gasteiger partial charge in [0.1, 0.15) is 5.82 Å². The van der Waals surface area contributed by atoms with Gasteiger partial charge in [0.2, 0.25) is 11.8 Å². The number of aromatic nitrogens is 2. The highest BCUT2D eigenvalue weighted by atomic mass is 32.2. The molecule has 0 radical (unpaired) electrons. The fraction of sp³-hybridized carbons (Fsp3) is 0.154. The van der Waals surface area contributed by atoms with Crippen molar-refractivity contribution in [1.82, 2.24) is 10.2 Å². The number of hydrogen-bond acceptors (Lipinski definition) is 5. The Labute approximate surface area is 126 Å². The Hall–Kier alpha value is -2.68. The van der Waals surface area contributed by atoms with Crippen LogP contribution in [0.15, 0.2) is 41.4 Å². The highest BCUT2D eigenvalue weighted by molar-refractivity contribution is 7.92. The fourth-order valence-electron chi connectivity index (χ4n) is 2.16. The second-order valence-electron chi connectivity index (χ2n) is 4.69. The van der Waals surface area contributed by atoms with E-state index >= 15 is 0 Å². The number of nitrogens with zero attached hydrogens (tertiary/aromatic N) is 2. The summed E-state index contributed by atoms with van der Waals surface area (Å²) in [5.41, 5.74) is 0.369. The monoisotopic (exact) mass is 320 g/mol. The number of carbonyl (C=O) groups is 2. The molecule has 1 aliphatic heterocycles. The summed E-state index contributed by atoms with van der Waals surface area (Å²) in [6, 6.07) is 7.03. The van der Waals surface area contributed by atoms with E-state index in [2.05, 4.69) is 14.9 Å². The summed E-state index contributed by atoms with van der Waals surface area (Å²) in [4.78, 5) is 24.4.